The fraction of sp³-hybridized carbons (Fsp3) is 0.300. The van der Waals surface area contributed by atoms with E-state index in [0.717, 1.165) is 0 Å². The van der Waals surface area contributed by atoms with Crippen LogP contribution in [0.4, 0.5) is 0 Å². The molecule has 78 valence electrons. The van der Waals surface area contributed by atoms with Crippen molar-refractivity contribution in [2.24, 2.45) is 5.92 Å². The van der Waals surface area contributed by atoms with Gasteiger partial charge in [0.25, 0.3) is 0 Å². The summed E-state index contributed by atoms with van der Waals surface area (Å²) in [6, 6.07) is 0. The largest absolute Gasteiger partial charge is 0.391 e. The van der Waals surface area contributed by atoms with Gasteiger partial charge >= 0.3 is 11.9 Å². The van der Waals surface area contributed by atoms with Crippen LogP contribution in [-0.4, -0.2) is 23.4 Å². The monoisotopic (exact) mass is 207 g/mol. The third kappa shape index (κ3) is 1.27. The maximum atomic E-state index is 11.5. The molecule has 15 heavy (non-hydrogen) atoms. The molecule has 0 spiro atoms. The Morgan fingerprint density at radius 3 is 2.87 bits per heavy atom. The van der Waals surface area contributed by atoms with E-state index in [1.807, 2.05) is 0 Å². The first-order chi connectivity index (χ1) is 7.06. The van der Waals surface area contributed by atoms with Gasteiger partial charge in [-0.25, -0.2) is 4.79 Å². The summed E-state index contributed by atoms with van der Waals surface area (Å²) >= 11 is 0. The van der Waals surface area contributed by atoms with Gasteiger partial charge in [0.1, 0.15) is 5.92 Å². The second-order valence-electron chi connectivity index (χ2n) is 3.48. The van der Waals surface area contributed by atoms with E-state index < -0.39 is 23.4 Å². The van der Waals surface area contributed by atoms with Crippen LogP contribution in [0.25, 0.3) is 0 Å². The summed E-state index contributed by atoms with van der Waals surface area (Å²) in [5, 5.41) is 2.46. The zero-order valence-electron chi connectivity index (χ0n) is 8.02. The first kappa shape index (κ1) is 9.64. The number of carbonyl (C=O) groups is 3. The molecule has 2 unspecified atom stereocenters. The van der Waals surface area contributed by atoms with Gasteiger partial charge in [0.15, 0.2) is 5.54 Å². The summed E-state index contributed by atoms with van der Waals surface area (Å²) in [5.74, 6) is -2.49. The minimum atomic E-state index is -1.34. The van der Waals surface area contributed by atoms with Crippen molar-refractivity contribution in [1.29, 1.82) is 0 Å². The van der Waals surface area contributed by atoms with Gasteiger partial charge in [-0.3, -0.25) is 9.59 Å². The summed E-state index contributed by atoms with van der Waals surface area (Å²) in [6.07, 6.45) is 6.27. The molecule has 2 rings (SSSR count). The lowest BCUT2D eigenvalue weighted by molar-refractivity contribution is -0.154. The number of carbonyl (C=O) groups excluding carboxylic acids is 3. The van der Waals surface area contributed by atoms with Crippen molar-refractivity contribution in [3.63, 3.8) is 0 Å². The van der Waals surface area contributed by atoms with Crippen molar-refractivity contribution < 1.29 is 19.1 Å². The van der Waals surface area contributed by atoms with Crippen molar-refractivity contribution in [2.75, 3.05) is 0 Å². The van der Waals surface area contributed by atoms with Crippen LogP contribution in [0, 0.1) is 5.92 Å². The summed E-state index contributed by atoms with van der Waals surface area (Å²) in [6.45, 7) is 1.29. The molecule has 0 saturated carbocycles. The third-order valence-electron chi connectivity index (χ3n) is 2.43. The number of amides is 1. The predicted octanol–water partition coefficient (Wildman–Crippen LogP) is -0.313. The molecule has 1 N–H and O–H groups in total. The highest BCUT2D eigenvalue weighted by Crippen LogP contribution is 2.33. The van der Waals surface area contributed by atoms with Gasteiger partial charge in [0, 0.05) is 6.92 Å². The Morgan fingerprint density at radius 2 is 2.20 bits per heavy atom. The molecule has 2 aliphatic rings. The Kier molecular flexibility index (Phi) is 1.96. The minimum absolute atomic E-state index is 0.383. The predicted molar refractivity (Wildman–Crippen MR) is 49.4 cm³/mol. The summed E-state index contributed by atoms with van der Waals surface area (Å²) in [5.41, 5.74) is -1.34. The van der Waals surface area contributed by atoms with Crippen molar-refractivity contribution in [2.45, 2.75) is 12.5 Å². The fourth-order valence-electron chi connectivity index (χ4n) is 1.80. The van der Waals surface area contributed by atoms with Crippen molar-refractivity contribution in [3.05, 3.63) is 24.3 Å². The number of nitrogens with one attached hydrogen (secondary N) is 1. The molecule has 1 heterocycles. The third-order valence-corrected chi connectivity index (χ3v) is 2.43. The number of hydrogen-bond donors (Lipinski definition) is 1. The normalized spacial score (nSPS) is 32.5. The molecule has 1 amide bonds. The second kappa shape index (κ2) is 3.05. The average molecular weight is 207 g/mol. The first-order valence-electron chi connectivity index (χ1n) is 4.47. The molecule has 2 atom stereocenters. The smallest absolute Gasteiger partial charge is 0.344 e. The number of cyclic esters (lactones) is 2. The molecule has 5 heteroatoms. The number of rotatable bonds is 1. The number of ether oxygens (including phenoxy) is 1. The Morgan fingerprint density at radius 1 is 1.47 bits per heavy atom. The van der Waals surface area contributed by atoms with E-state index in [0.29, 0.717) is 0 Å². The fourth-order valence-corrected chi connectivity index (χ4v) is 1.80. The van der Waals surface area contributed by atoms with E-state index in [2.05, 4.69) is 10.1 Å². The van der Waals surface area contributed by atoms with E-state index in [1.165, 1.54) is 13.0 Å². The molecule has 0 bridgehead atoms. The number of fused-ring (bicyclic) bond motifs is 1. The Balaban J connectivity index is 2.44. The van der Waals surface area contributed by atoms with Gasteiger partial charge in [0.2, 0.25) is 5.91 Å². The lowest BCUT2D eigenvalue weighted by atomic mass is 9.82. The van der Waals surface area contributed by atoms with Gasteiger partial charge < -0.3 is 10.1 Å². The zero-order chi connectivity index (χ0) is 11.1. The molecule has 0 aromatic rings. The number of esters is 2. The summed E-state index contributed by atoms with van der Waals surface area (Å²) in [7, 11) is 0. The van der Waals surface area contributed by atoms with E-state index in [-0.39, 0.29) is 5.91 Å². The second-order valence-corrected chi connectivity index (χ2v) is 3.48. The molecule has 0 aromatic heterocycles. The summed E-state index contributed by atoms with van der Waals surface area (Å²) in [4.78, 5) is 33.9. The van der Waals surface area contributed by atoms with Crippen LogP contribution in [0.5, 0.6) is 0 Å². The van der Waals surface area contributed by atoms with Crippen LogP contribution in [0.2, 0.25) is 0 Å². The van der Waals surface area contributed by atoms with E-state index in [1.54, 1.807) is 18.2 Å². The highest BCUT2D eigenvalue weighted by atomic mass is 16.6. The Labute approximate surface area is 85.8 Å². The van der Waals surface area contributed by atoms with E-state index >= 15 is 0 Å². The topological polar surface area (TPSA) is 72.5 Å². The maximum Gasteiger partial charge on any atom is 0.344 e. The molecule has 1 fully saturated rings. The highest BCUT2D eigenvalue weighted by molar-refractivity contribution is 6.06. The van der Waals surface area contributed by atoms with Crippen LogP contribution < -0.4 is 5.32 Å². The Hall–Kier alpha value is -1.91. The molecule has 1 aliphatic heterocycles. The summed E-state index contributed by atoms with van der Waals surface area (Å²) < 4.78 is 4.52. The molecule has 1 saturated heterocycles. The minimum Gasteiger partial charge on any atom is -0.391 e. The van der Waals surface area contributed by atoms with Crippen LogP contribution in [0.1, 0.15) is 6.92 Å². The lowest BCUT2D eigenvalue weighted by Crippen LogP contribution is -2.54. The molecule has 0 radical (unpaired) electrons. The SMILES string of the molecule is CC(=O)NC12C=CC=CC1C(=O)OC2=O. The van der Waals surface area contributed by atoms with Gasteiger partial charge in [-0.05, 0) is 6.08 Å². The van der Waals surface area contributed by atoms with Crippen LogP contribution in [0.3, 0.4) is 0 Å². The van der Waals surface area contributed by atoms with Crippen LogP contribution in [0.15, 0.2) is 24.3 Å². The van der Waals surface area contributed by atoms with Gasteiger partial charge in [-0.15, -0.1) is 0 Å². The van der Waals surface area contributed by atoms with Gasteiger partial charge in [-0.2, -0.15) is 0 Å². The molecule has 1 aliphatic carbocycles. The first-order valence-corrected chi connectivity index (χ1v) is 4.47. The quantitative estimate of drug-likeness (QED) is 0.472. The number of allylic oxidation sites excluding steroid dienone is 2. The van der Waals surface area contributed by atoms with Crippen molar-refractivity contribution in [1.82, 2.24) is 5.32 Å². The van der Waals surface area contributed by atoms with Crippen molar-refractivity contribution >= 4 is 17.8 Å². The molecular weight excluding hydrogens is 198 g/mol. The van der Waals surface area contributed by atoms with Crippen LogP contribution in [-0.2, 0) is 19.1 Å². The van der Waals surface area contributed by atoms with Gasteiger partial charge in [0.05, 0.1) is 0 Å². The van der Waals surface area contributed by atoms with Crippen LogP contribution >= 0.6 is 0 Å². The zero-order valence-corrected chi connectivity index (χ0v) is 8.02. The molecule has 0 aromatic carbocycles. The average Bonchev–Trinajstić information content (AvgIpc) is 2.39. The Bertz CT molecular complexity index is 410. The van der Waals surface area contributed by atoms with Crippen molar-refractivity contribution in [3.8, 4) is 0 Å². The molecular formula is C10H9NO4. The lowest BCUT2D eigenvalue weighted by Gasteiger charge is -2.26. The number of hydrogen-bond acceptors (Lipinski definition) is 4. The van der Waals surface area contributed by atoms with E-state index in [4.69, 9.17) is 0 Å². The molecule has 5 nitrogen and oxygen atoms in total. The standard InChI is InChI=1S/C10H9NO4/c1-6(12)11-10-5-3-2-4-7(10)8(13)15-9(10)14/h2-5,7H,1H3,(H,11,12). The van der Waals surface area contributed by atoms with Gasteiger partial charge in [-0.1, -0.05) is 18.2 Å². The highest BCUT2D eigenvalue weighted by Gasteiger charge is 2.56. The maximum absolute atomic E-state index is 11.5. The van der Waals surface area contributed by atoms with E-state index in [9.17, 15) is 14.4 Å².